The van der Waals surface area contributed by atoms with Crippen molar-refractivity contribution in [3.63, 3.8) is 0 Å². The van der Waals surface area contributed by atoms with Crippen molar-refractivity contribution in [3.8, 4) is 0 Å². The van der Waals surface area contributed by atoms with E-state index < -0.39 is 0 Å². The summed E-state index contributed by atoms with van der Waals surface area (Å²) in [5, 5.41) is 10.3. The van der Waals surface area contributed by atoms with Crippen molar-refractivity contribution in [2.45, 2.75) is 32.4 Å². The SMILES string of the molecule is CCC(C)C(O)CN1CCN(C)CC1c1ccccc1. The molecular formula is C17H28N2O. The maximum Gasteiger partial charge on any atom is 0.0692 e. The number of nitrogens with zero attached hydrogens (tertiary/aromatic N) is 2. The molecule has 0 bridgehead atoms. The normalized spacial score (nSPS) is 24.5. The minimum atomic E-state index is -0.227. The first-order valence-corrected chi connectivity index (χ1v) is 7.77. The first-order chi connectivity index (χ1) is 9.61. The average molecular weight is 276 g/mol. The lowest BCUT2D eigenvalue weighted by molar-refractivity contribution is 0.0190. The van der Waals surface area contributed by atoms with Crippen LogP contribution < -0.4 is 0 Å². The Bertz CT molecular complexity index is 395. The predicted octanol–water partition coefficient (Wildman–Crippen LogP) is 2.38. The van der Waals surface area contributed by atoms with Gasteiger partial charge in [0.15, 0.2) is 0 Å². The van der Waals surface area contributed by atoms with Gasteiger partial charge in [-0.3, -0.25) is 4.90 Å². The van der Waals surface area contributed by atoms with Gasteiger partial charge in [0, 0.05) is 32.2 Å². The zero-order valence-corrected chi connectivity index (χ0v) is 13.0. The van der Waals surface area contributed by atoms with Crippen molar-refractivity contribution in [1.82, 2.24) is 9.80 Å². The number of benzene rings is 1. The molecule has 20 heavy (non-hydrogen) atoms. The van der Waals surface area contributed by atoms with Crippen LogP contribution >= 0.6 is 0 Å². The van der Waals surface area contributed by atoms with Gasteiger partial charge in [-0.25, -0.2) is 0 Å². The number of hydrogen-bond acceptors (Lipinski definition) is 3. The number of rotatable bonds is 5. The molecule has 0 aromatic heterocycles. The second-order valence-corrected chi connectivity index (χ2v) is 6.14. The molecule has 1 aliphatic rings. The fraction of sp³-hybridized carbons (Fsp3) is 0.647. The van der Waals surface area contributed by atoms with Crippen molar-refractivity contribution in [2.75, 3.05) is 33.2 Å². The summed E-state index contributed by atoms with van der Waals surface area (Å²) in [6, 6.07) is 11.1. The number of piperazine rings is 1. The van der Waals surface area contributed by atoms with Gasteiger partial charge in [-0.15, -0.1) is 0 Å². The summed E-state index contributed by atoms with van der Waals surface area (Å²) < 4.78 is 0. The van der Waals surface area contributed by atoms with Crippen molar-refractivity contribution >= 4 is 0 Å². The molecular weight excluding hydrogens is 248 g/mol. The van der Waals surface area contributed by atoms with Gasteiger partial charge in [0.05, 0.1) is 6.10 Å². The number of aliphatic hydroxyl groups is 1. The van der Waals surface area contributed by atoms with Crippen LogP contribution in [0, 0.1) is 5.92 Å². The average Bonchev–Trinajstić information content (AvgIpc) is 2.49. The summed E-state index contributed by atoms with van der Waals surface area (Å²) in [7, 11) is 2.18. The van der Waals surface area contributed by atoms with Crippen LogP contribution in [-0.2, 0) is 0 Å². The van der Waals surface area contributed by atoms with Crippen LogP contribution in [0.25, 0.3) is 0 Å². The van der Waals surface area contributed by atoms with Crippen molar-refractivity contribution < 1.29 is 5.11 Å². The van der Waals surface area contributed by atoms with E-state index in [4.69, 9.17) is 0 Å². The number of aliphatic hydroxyl groups excluding tert-OH is 1. The van der Waals surface area contributed by atoms with Crippen LogP contribution in [0.2, 0.25) is 0 Å². The lowest BCUT2D eigenvalue weighted by Gasteiger charge is -2.41. The lowest BCUT2D eigenvalue weighted by atomic mass is 9.98. The van der Waals surface area contributed by atoms with E-state index in [2.05, 4.69) is 61.0 Å². The molecule has 1 saturated heterocycles. The summed E-state index contributed by atoms with van der Waals surface area (Å²) in [5.41, 5.74) is 1.36. The van der Waals surface area contributed by atoms with Crippen LogP contribution in [0.5, 0.6) is 0 Å². The molecule has 0 aliphatic carbocycles. The van der Waals surface area contributed by atoms with Gasteiger partial charge >= 0.3 is 0 Å². The topological polar surface area (TPSA) is 26.7 Å². The molecule has 0 radical (unpaired) electrons. The third kappa shape index (κ3) is 3.81. The Morgan fingerprint density at radius 2 is 1.95 bits per heavy atom. The van der Waals surface area contributed by atoms with Gasteiger partial charge < -0.3 is 10.0 Å². The molecule has 1 aromatic rings. The Morgan fingerprint density at radius 1 is 1.25 bits per heavy atom. The second kappa shape index (κ2) is 7.21. The number of likely N-dealkylation sites (N-methyl/N-ethyl adjacent to an activating group) is 1. The maximum absolute atomic E-state index is 10.3. The van der Waals surface area contributed by atoms with Crippen LogP contribution in [0.1, 0.15) is 31.9 Å². The monoisotopic (exact) mass is 276 g/mol. The minimum Gasteiger partial charge on any atom is -0.392 e. The first kappa shape index (κ1) is 15.5. The Hall–Kier alpha value is -0.900. The highest BCUT2D eigenvalue weighted by molar-refractivity contribution is 5.20. The predicted molar refractivity (Wildman–Crippen MR) is 83.7 cm³/mol. The fourth-order valence-corrected chi connectivity index (χ4v) is 2.86. The minimum absolute atomic E-state index is 0.227. The highest BCUT2D eigenvalue weighted by Gasteiger charge is 2.28. The first-order valence-electron chi connectivity index (χ1n) is 7.77. The van der Waals surface area contributed by atoms with E-state index in [-0.39, 0.29) is 6.10 Å². The van der Waals surface area contributed by atoms with Gasteiger partial charge in [0.25, 0.3) is 0 Å². The smallest absolute Gasteiger partial charge is 0.0692 e. The van der Waals surface area contributed by atoms with Crippen LogP contribution in [0.3, 0.4) is 0 Å². The largest absolute Gasteiger partial charge is 0.392 e. The number of β-amino-alcohol motifs (C(OH)–C–C–N with tert-alkyl or cyclic N) is 1. The third-order valence-corrected chi connectivity index (χ3v) is 4.60. The molecule has 1 aliphatic heterocycles. The lowest BCUT2D eigenvalue weighted by Crippen LogP contribution is -2.49. The summed E-state index contributed by atoms with van der Waals surface area (Å²) >= 11 is 0. The van der Waals surface area contributed by atoms with E-state index in [1.165, 1.54) is 5.56 Å². The highest BCUT2D eigenvalue weighted by atomic mass is 16.3. The zero-order valence-electron chi connectivity index (χ0n) is 13.0. The summed E-state index contributed by atoms with van der Waals surface area (Å²) in [6.07, 6.45) is 0.805. The highest BCUT2D eigenvalue weighted by Crippen LogP contribution is 2.25. The Kier molecular flexibility index (Phi) is 5.58. The van der Waals surface area contributed by atoms with E-state index >= 15 is 0 Å². The number of hydrogen-bond donors (Lipinski definition) is 1. The molecule has 2 rings (SSSR count). The fourth-order valence-electron chi connectivity index (χ4n) is 2.86. The van der Waals surface area contributed by atoms with E-state index in [0.717, 1.165) is 32.6 Å². The van der Waals surface area contributed by atoms with E-state index in [1.807, 2.05) is 0 Å². The molecule has 0 spiro atoms. The molecule has 112 valence electrons. The summed E-state index contributed by atoms with van der Waals surface area (Å²) in [4.78, 5) is 4.83. The van der Waals surface area contributed by atoms with E-state index in [0.29, 0.717) is 12.0 Å². The van der Waals surface area contributed by atoms with Crippen molar-refractivity contribution in [1.29, 1.82) is 0 Å². The molecule has 1 fully saturated rings. The quantitative estimate of drug-likeness (QED) is 0.894. The van der Waals surface area contributed by atoms with Crippen molar-refractivity contribution in [2.24, 2.45) is 5.92 Å². The summed E-state index contributed by atoms with van der Waals surface area (Å²) in [6.45, 7) is 8.21. The molecule has 1 N–H and O–H groups in total. The van der Waals surface area contributed by atoms with Crippen LogP contribution in [0.15, 0.2) is 30.3 Å². The molecule has 3 atom stereocenters. The van der Waals surface area contributed by atoms with Gasteiger partial charge in [0.2, 0.25) is 0 Å². The van der Waals surface area contributed by atoms with E-state index in [1.54, 1.807) is 0 Å². The molecule has 0 amide bonds. The third-order valence-electron chi connectivity index (χ3n) is 4.60. The molecule has 1 aromatic carbocycles. The van der Waals surface area contributed by atoms with Crippen molar-refractivity contribution in [3.05, 3.63) is 35.9 Å². The Balaban J connectivity index is 2.09. The maximum atomic E-state index is 10.3. The molecule has 3 heteroatoms. The van der Waals surface area contributed by atoms with Gasteiger partial charge in [0.1, 0.15) is 0 Å². The Labute approximate surface area is 123 Å². The second-order valence-electron chi connectivity index (χ2n) is 6.14. The zero-order chi connectivity index (χ0) is 14.5. The molecule has 0 saturated carbocycles. The van der Waals surface area contributed by atoms with Gasteiger partial charge in [-0.2, -0.15) is 0 Å². The molecule has 3 nitrogen and oxygen atoms in total. The van der Waals surface area contributed by atoms with Gasteiger partial charge in [-0.05, 0) is 18.5 Å². The Morgan fingerprint density at radius 3 is 2.60 bits per heavy atom. The molecule has 1 heterocycles. The van der Waals surface area contributed by atoms with Crippen LogP contribution in [0.4, 0.5) is 0 Å². The van der Waals surface area contributed by atoms with Crippen LogP contribution in [-0.4, -0.2) is 54.2 Å². The van der Waals surface area contributed by atoms with E-state index in [9.17, 15) is 5.11 Å². The summed E-state index contributed by atoms with van der Waals surface area (Å²) in [5.74, 6) is 0.367. The molecule has 3 unspecified atom stereocenters. The standard InChI is InChI=1S/C17H28N2O/c1-4-14(2)17(20)13-19-11-10-18(3)12-16(19)15-8-6-5-7-9-15/h5-9,14,16-17,20H,4,10-13H2,1-3H3. The van der Waals surface area contributed by atoms with Gasteiger partial charge in [-0.1, -0.05) is 50.6 Å².